The van der Waals surface area contributed by atoms with Crippen molar-refractivity contribution in [1.82, 2.24) is 20.1 Å². The maximum absolute atomic E-state index is 12.7. The number of carbonyl (C=O) groups is 1. The van der Waals surface area contributed by atoms with Crippen LogP contribution in [0.3, 0.4) is 0 Å². The number of H-pyrrole nitrogens is 1. The van der Waals surface area contributed by atoms with E-state index < -0.39 is 0 Å². The van der Waals surface area contributed by atoms with Crippen molar-refractivity contribution in [3.63, 3.8) is 0 Å². The normalized spacial score (nSPS) is 19.8. The summed E-state index contributed by atoms with van der Waals surface area (Å²) in [7, 11) is 4.23. The molecule has 0 atom stereocenters. The molecule has 0 radical (unpaired) electrons. The van der Waals surface area contributed by atoms with E-state index >= 15 is 0 Å². The molecule has 1 aromatic carbocycles. The third-order valence-corrected chi connectivity index (χ3v) is 5.65. The Morgan fingerprint density at radius 1 is 1.11 bits per heavy atom. The summed E-state index contributed by atoms with van der Waals surface area (Å²) >= 11 is 0. The van der Waals surface area contributed by atoms with E-state index in [-0.39, 0.29) is 11.8 Å². The van der Waals surface area contributed by atoms with Crippen LogP contribution < -0.4 is 5.32 Å². The van der Waals surface area contributed by atoms with Gasteiger partial charge in [-0.15, -0.1) is 0 Å². The first-order valence-electron chi connectivity index (χ1n) is 9.93. The van der Waals surface area contributed by atoms with Gasteiger partial charge >= 0.3 is 0 Å². The Hall–Kier alpha value is -2.73. The molecule has 1 saturated carbocycles. The number of pyridine rings is 1. The molecule has 0 spiro atoms. The van der Waals surface area contributed by atoms with Crippen molar-refractivity contribution in [3.05, 3.63) is 42.9 Å². The molecule has 146 valence electrons. The molecule has 6 heteroatoms. The smallest absolute Gasteiger partial charge is 0.228 e. The lowest BCUT2D eigenvalue weighted by Crippen LogP contribution is -2.31. The quantitative estimate of drug-likeness (QED) is 0.706. The van der Waals surface area contributed by atoms with Crippen LogP contribution in [0.2, 0.25) is 0 Å². The topological polar surface area (TPSA) is 73.9 Å². The number of rotatable bonds is 5. The third-order valence-electron chi connectivity index (χ3n) is 5.65. The Labute approximate surface area is 165 Å². The number of aromatic nitrogens is 3. The largest absolute Gasteiger partial charge is 0.310 e. The SMILES string of the molecule is CN(C)CC1CCC(C(=O)Nc2cc3cc(-c4cn[nH]c4)ccc3cn2)CC1. The Morgan fingerprint density at radius 2 is 1.93 bits per heavy atom. The summed E-state index contributed by atoms with van der Waals surface area (Å²) in [6.45, 7) is 1.11. The third kappa shape index (κ3) is 4.22. The van der Waals surface area contributed by atoms with Crippen LogP contribution in [-0.2, 0) is 4.79 Å². The highest BCUT2D eigenvalue weighted by molar-refractivity contribution is 5.95. The van der Waals surface area contributed by atoms with Crippen molar-refractivity contribution in [3.8, 4) is 11.1 Å². The van der Waals surface area contributed by atoms with Crippen LogP contribution in [0.4, 0.5) is 5.82 Å². The van der Waals surface area contributed by atoms with Crippen LogP contribution in [0.1, 0.15) is 25.7 Å². The Balaban J connectivity index is 1.43. The second kappa shape index (κ2) is 8.10. The Morgan fingerprint density at radius 3 is 2.64 bits per heavy atom. The zero-order valence-electron chi connectivity index (χ0n) is 16.5. The molecule has 3 aromatic rings. The number of nitrogens with one attached hydrogen (secondary N) is 2. The Kier molecular flexibility index (Phi) is 5.39. The van der Waals surface area contributed by atoms with Gasteiger partial charge in [-0.2, -0.15) is 5.10 Å². The maximum atomic E-state index is 12.7. The highest BCUT2D eigenvalue weighted by Gasteiger charge is 2.26. The first-order chi connectivity index (χ1) is 13.6. The highest BCUT2D eigenvalue weighted by atomic mass is 16.1. The zero-order valence-corrected chi connectivity index (χ0v) is 16.5. The van der Waals surface area contributed by atoms with Crippen molar-refractivity contribution >= 4 is 22.5 Å². The van der Waals surface area contributed by atoms with Gasteiger partial charge in [-0.05, 0) is 68.8 Å². The Bertz CT molecular complexity index is 943. The fourth-order valence-electron chi connectivity index (χ4n) is 4.15. The minimum atomic E-state index is 0.0909. The van der Waals surface area contributed by atoms with Crippen LogP contribution in [0, 0.1) is 11.8 Å². The van der Waals surface area contributed by atoms with E-state index in [1.165, 1.54) is 0 Å². The summed E-state index contributed by atoms with van der Waals surface area (Å²) in [5, 5.41) is 12.0. The highest BCUT2D eigenvalue weighted by Crippen LogP contribution is 2.30. The van der Waals surface area contributed by atoms with Crippen LogP contribution >= 0.6 is 0 Å². The molecule has 2 aromatic heterocycles. The number of fused-ring (bicyclic) bond motifs is 1. The minimum Gasteiger partial charge on any atom is -0.310 e. The zero-order chi connectivity index (χ0) is 19.5. The lowest BCUT2D eigenvalue weighted by atomic mass is 9.81. The van der Waals surface area contributed by atoms with Gasteiger partial charge in [0.25, 0.3) is 0 Å². The molecule has 28 heavy (non-hydrogen) atoms. The van der Waals surface area contributed by atoms with Gasteiger partial charge in [0.1, 0.15) is 5.82 Å². The van der Waals surface area contributed by atoms with E-state index in [0.717, 1.165) is 54.1 Å². The molecular weight excluding hydrogens is 350 g/mol. The molecule has 2 N–H and O–H groups in total. The average Bonchev–Trinajstić information content (AvgIpc) is 3.22. The fourth-order valence-corrected chi connectivity index (χ4v) is 4.15. The van der Waals surface area contributed by atoms with E-state index in [9.17, 15) is 4.79 Å². The predicted molar refractivity (Wildman–Crippen MR) is 112 cm³/mol. The first-order valence-corrected chi connectivity index (χ1v) is 9.93. The number of nitrogens with zero attached hydrogens (tertiary/aromatic N) is 3. The van der Waals surface area contributed by atoms with Crippen molar-refractivity contribution in [2.75, 3.05) is 26.0 Å². The van der Waals surface area contributed by atoms with Gasteiger partial charge in [0, 0.05) is 35.8 Å². The van der Waals surface area contributed by atoms with E-state index in [1.807, 2.05) is 24.5 Å². The second-order valence-electron chi connectivity index (χ2n) is 8.09. The van der Waals surface area contributed by atoms with Crippen LogP contribution in [0.5, 0.6) is 0 Å². The van der Waals surface area contributed by atoms with E-state index in [1.54, 1.807) is 6.20 Å². The number of hydrogen-bond acceptors (Lipinski definition) is 4. The number of amides is 1. The van der Waals surface area contributed by atoms with Gasteiger partial charge in [0.05, 0.1) is 6.20 Å². The molecule has 6 nitrogen and oxygen atoms in total. The second-order valence-corrected chi connectivity index (χ2v) is 8.09. The molecule has 4 rings (SSSR count). The number of aromatic amines is 1. The van der Waals surface area contributed by atoms with Crippen LogP contribution in [-0.4, -0.2) is 46.6 Å². The first kappa shape index (κ1) is 18.6. The van der Waals surface area contributed by atoms with Crippen molar-refractivity contribution < 1.29 is 4.79 Å². The van der Waals surface area contributed by atoms with Gasteiger partial charge in [-0.1, -0.05) is 12.1 Å². The lowest BCUT2D eigenvalue weighted by molar-refractivity contribution is -0.121. The molecular formula is C22H27N5O. The molecule has 1 aliphatic carbocycles. The number of carbonyl (C=O) groups excluding carboxylic acids is 1. The fraction of sp³-hybridized carbons (Fsp3) is 0.409. The molecule has 0 saturated heterocycles. The summed E-state index contributed by atoms with van der Waals surface area (Å²) in [4.78, 5) is 19.4. The van der Waals surface area contributed by atoms with Crippen LogP contribution in [0.25, 0.3) is 21.9 Å². The molecule has 0 bridgehead atoms. The van der Waals surface area contributed by atoms with Crippen LogP contribution in [0.15, 0.2) is 42.9 Å². The molecule has 1 amide bonds. The monoisotopic (exact) mass is 377 g/mol. The molecule has 0 unspecified atom stereocenters. The van der Waals surface area contributed by atoms with Crippen molar-refractivity contribution in [2.24, 2.45) is 11.8 Å². The summed E-state index contributed by atoms with van der Waals surface area (Å²) in [5.41, 5.74) is 2.13. The summed E-state index contributed by atoms with van der Waals surface area (Å²) in [6, 6.07) is 8.15. The summed E-state index contributed by atoms with van der Waals surface area (Å²) in [5.74, 6) is 1.52. The maximum Gasteiger partial charge on any atom is 0.228 e. The van der Waals surface area contributed by atoms with E-state index in [4.69, 9.17) is 0 Å². The predicted octanol–water partition coefficient (Wildman–Crippen LogP) is 3.93. The summed E-state index contributed by atoms with van der Waals surface area (Å²) < 4.78 is 0. The van der Waals surface area contributed by atoms with Gasteiger partial charge in [-0.25, -0.2) is 4.98 Å². The van der Waals surface area contributed by atoms with E-state index in [0.29, 0.717) is 11.7 Å². The average molecular weight is 377 g/mol. The van der Waals surface area contributed by atoms with Gasteiger partial charge < -0.3 is 10.2 Å². The number of benzene rings is 1. The molecule has 1 aliphatic rings. The van der Waals surface area contributed by atoms with Gasteiger partial charge in [0.15, 0.2) is 0 Å². The standard InChI is InChI=1S/C22H27N5O/c1-27(2)14-15-3-5-16(6-4-15)22(28)26-21-10-19-9-17(20-12-24-25-13-20)7-8-18(19)11-23-21/h7-13,15-16H,3-6,14H2,1-2H3,(H,24,25)(H,23,26,28). The van der Waals surface area contributed by atoms with E-state index in [2.05, 4.69) is 51.6 Å². The lowest BCUT2D eigenvalue weighted by Gasteiger charge is -2.29. The number of anilines is 1. The number of hydrogen-bond donors (Lipinski definition) is 2. The van der Waals surface area contributed by atoms with Gasteiger partial charge in [0.2, 0.25) is 5.91 Å². The van der Waals surface area contributed by atoms with Crippen molar-refractivity contribution in [1.29, 1.82) is 0 Å². The summed E-state index contributed by atoms with van der Waals surface area (Å²) in [6.07, 6.45) is 9.66. The molecule has 1 fully saturated rings. The molecule has 2 heterocycles. The minimum absolute atomic E-state index is 0.0909. The van der Waals surface area contributed by atoms with Gasteiger partial charge in [-0.3, -0.25) is 9.89 Å². The van der Waals surface area contributed by atoms with Crippen molar-refractivity contribution in [2.45, 2.75) is 25.7 Å². The molecule has 0 aliphatic heterocycles.